The van der Waals surface area contributed by atoms with Crippen molar-refractivity contribution in [1.82, 2.24) is 10.6 Å². The molecule has 0 aromatic heterocycles. The van der Waals surface area contributed by atoms with Gasteiger partial charge in [-0.3, -0.25) is 4.79 Å². The van der Waals surface area contributed by atoms with Gasteiger partial charge in [0, 0.05) is 12.1 Å². The summed E-state index contributed by atoms with van der Waals surface area (Å²) < 4.78 is 0. The summed E-state index contributed by atoms with van der Waals surface area (Å²) in [6.45, 7) is 10.3. The predicted molar refractivity (Wildman–Crippen MR) is 67.3 cm³/mol. The van der Waals surface area contributed by atoms with E-state index in [1.807, 2.05) is 0 Å². The van der Waals surface area contributed by atoms with Crippen molar-refractivity contribution in [3.05, 3.63) is 0 Å². The first-order chi connectivity index (χ1) is 7.46. The molecule has 0 aliphatic carbocycles. The van der Waals surface area contributed by atoms with Crippen molar-refractivity contribution < 1.29 is 4.79 Å². The van der Waals surface area contributed by atoms with Gasteiger partial charge in [-0.25, -0.2) is 0 Å². The number of rotatable bonds is 5. The summed E-state index contributed by atoms with van der Waals surface area (Å²) in [5.74, 6) is 0.242. The van der Waals surface area contributed by atoms with Gasteiger partial charge in [0.05, 0.1) is 5.41 Å². The van der Waals surface area contributed by atoms with Crippen LogP contribution < -0.4 is 10.6 Å². The lowest BCUT2D eigenvalue weighted by molar-refractivity contribution is -0.132. The monoisotopic (exact) mass is 226 g/mol. The Bertz CT molecular complexity index is 242. The lowest BCUT2D eigenvalue weighted by atomic mass is 9.80. The maximum Gasteiger partial charge on any atom is 0.227 e. The van der Waals surface area contributed by atoms with E-state index in [4.69, 9.17) is 0 Å². The van der Waals surface area contributed by atoms with Crippen LogP contribution in [0, 0.1) is 5.41 Å². The summed E-state index contributed by atoms with van der Waals surface area (Å²) in [4.78, 5) is 12.4. The summed E-state index contributed by atoms with van der Waals surface area (Å²) in [5.41, 5.74) is -0.235. The fraction of sp³-hybridized carbons (Fsp3) is 0.923. The standard InChI is InChI=1S/C13H26N2O/c1-5-7-13(8-9-14-10-13)11(16)15-12(3,4)6-2/h14H,5-10H2,1-4H3,(H,15,16). The van der Waals surface area contributed by atoms with Crippen LogP contribution in [0.4, 0.5) is 0 Å². The zero-order valence-corrected chi connectivity index (χ0v) is 11.2. The molecule has 1 aliphatic heterocycles. The van der Waals surface area contributed by atoms with E-state index in [1.54, 1.807) is 0 Å². The Morgan fingerprint density at radius 3 is 2.56 bits per heavy atom. The number of hydrogen-bond acceptors (Lipinski definition) is 2. The van der Waals surface area contributed by atoms with E-state index in [1.165, 1.54) is 0 Å². The molecule has 0 aromatic carbocycles. The Hall–Kier alpha value is -0.570. The van der Waals surface area contributed by atoms with Gasteiger partial charge >= 0.3 is 0 Å². The van der Waals surface area contributed by atoms with Crippen molar-refractivity contribution in [2.75, 3.05) is 13.1 Å². The van der Waals surface area contributed by atoms with Gasteiger partial charge in [-0.1, -0.05) is 20.3 Å². The lowest BCUT2D eigenvalue weighted by Gasteiger charge is -2.33. The minimum atomic E-state index is -0.152. The molecule has 1 saturated heterocycles. The highest BCUT2D eigenvalue weighted by Gasteiger charge is 2.41. The molecule has 1 aliphatic rings. The summed E-state index contributed by atoms with van der Waals surface area (Å²) in [6, 6.07) is 0. The van der Waals surface area contributed by atoms with Crippen LogP contribution in [-0.4, -0.2) is 24.5 Å². The molecular weight excluding hydrogens is 200 g/mol. The number of nitrogens with one attached hydrogen (secondary N) is 2. The molecule has 0 saturated carbocycles. The zero-order valence-electron chi connectivity index (χ0n) is 11.2. The minimum Gasteiger partial charge on any atom is -0.351 e. The molecular formula is C13H26N2O. The van der Waals surface area contributed by atoms with Crippen LogP contribution in [0.1, 0.15) is 53.4 Å². The fourth-order valence-corrected chi connectivity index (χ4v) is 2.27. The number of amides is 1. The highest BCUT2D eigenvalue weighted by molar-refractivity contribution is 5.83. The van der Waals surface area contributed by atoms with E-state index < -0.39 is 0 Å². The van der Waals surface area contributed by atoms with E-state index in [0.29, 0.717) is 0 Å². The second-order valence-electron chi connectivity index (χ2n) is 5.65. The van der Waals surface area contributed by atoms with Gasteiger partial charge in [-0.05, 0) is 39.7 Å². The topological polar surface area (TPSA) is 41.1 Å². The van der Waals surface area contributed by atoms with E-state index in [2.05, 4.69) is 38.3 Å². The normalized spacial score (nSPS) is 25.8. The van der Waals surface area contributed by atoms with E-state index in [9.17, 15) is 4.79 Å². The fourth-order valence-electron chi connectivity index (χ4n) is 2.27. The molecule has 3 nitrogen and oxygen atoms in total. The van der Waals surface area contributed by atoms with Gasteiger partial charge < -0.3 is 10.6 Å². The molecule has 94 valence electrons. The molecule has 2 N–H and O–H groups in total. The summed E-state index contributed by atoms with van der Waals surface area (Å²) >= 11 is 0. The zero-order chi connectivity index (χ0) is 12.2. The maximum absolute atomic E-state index is 12.4. The molecule has 1 heterocycles. The van der Waals surface area contributed by atoms with Gasteiger partial charge in [-0.2, -0.15) is 0 Å². The van der Waals surface area contributed by atoms with Gasteiger partial charge in [-0.15, -0.1) is 0 Å². The molecule has 1 rings (SSSR count). The number of hydrogen-bond donors (Lipinski definition) is 2. The Balaban J connectivity index is 2.69. The Kier molecular flexibility index (Phi) is 4.36. The van der Waals surface area contributed by atoms with Crippen LogP contribution in [0.2, 0.25) is 0 Å². The van der Waals surface area contributed by atoms with Crippen molar-refractivity contribution >= 4 is 5.91 Å². The lowest BCUT2D eigenvalue weighted by Crippen LogP contribution is -2.51. The van der Waals surface area contributed by atoms with Gasteiger partial charge in [0.2, 0.25) is 5.91 Å². The maximum atomic E-state index is 12.4. The molecule has 1 unspecified atom stereocenters. The molecule has 0 radical (unpaired) electrons. The van der Waals surface area contributed by atoms with Gasteiger partial charge in [0.25, 0.3) is 0 Å². The van der Waals surface area contributed by atoms with Crippen molar-refractivity contribution in [2.24, 2.45) is 5.41 Å². The van der Waals surface area contributed by atoms with E-state index >= 15 is 0 Å². The first kappa shape index (κ1) is 13.5. The average molecular weight is 226 g/mol. The SMILES string of the molecule is CCCC1(C(=O)NC(C)(C)CC)CCNC1. The first-order valence-electron chi connectivity index (χ1n) is 6.49. The Morgan fingerprint density at radius 2 is 2.12 bits per heavy atom. The van der Waals surface area contributed by atoms with Crippen LogP contribution in [0.25, 0.3) is 0 Å². The van der Waals surface area contributed by atoms with Crippen LogP contribution in [0.5, 0.6) is 0 Å². The van der Waals surface area contributed by atoms with Crippen LogP contribution >= 0.6 is 0 Å². The highest BCUT2D eigenvalue weighted by Crippen LogP contribution is 2.32. The third kappa shape index (κ3) is 2.97. The summed E-state index contributed by atoms with van der Waals surface area (Å²) in [7, 11) is 0. The van der Waals surface area contributed by atoms with Crippen molar-refractivity contribution in [3.63, 3.8) is 0 Å². The third-order valence-electron chi connectivity index (χ3n) is 3.79. The minimum absolute atomic E-state index is 0.0829. The van der Waals surface area contributed by atoms with Gasteiger partial charge in [0.1, 0.15) is 0 Å². The van der Waals surface area contributed by atoms with Crippen molar-refractivity contribution in [2.45, 2.75) is 58.9 Å². The van der Waals surface area contributed by atoms with E-state index in [-0.39, 0.29) is 16.9 Å². The molecule has 16 heavy (non-hydrogen) atoms. The number of carbonyl (C=O) groups is 1. The molecule has 0 aromatic rings. The predicted octanol–water partition coefficient (Wildman–Crippen LogP) is 2.07. The Labute approximate surface area is 99.4 Å². The molecule has 1 atom stereocenters. The van der Waals surface area contributed by atoms with Crippen LogP contribution in [-0.2, 0) is 4.79 Å². The average Bonchev–Trinajstić information content (AvgIpc) is 2.68. The number of carbonyl (C=O) groups excluding carboxylic acids is 1. The third-order valence-corrected chi connectivity index (χ3v) is 3.79. The molecule has 0 bridgehead atoms. The molecule has 1 fully saturated rings. The summed E-state index contributed by atoms with van der Waals surface area (Å²) in [6.07, 6.45) is 4.01. The highest BCUT2D eigenvalue weighted by atomic mass is 16.2. The van der Waals surface area contributed by atoms with Crippen molar-refractivity contribution in [1.29, 1.82) is 0 Å². The van der Waals surface area contributed by atoms with Gasteiger partial charge in [0.15, 0.2) is 0 Å². The second-order valence-corrected chi connectivity index (χ2v) is 5.65. The molecule has 1 amide bonds. The smallest absolute Gasteiger partial charge is 0.227 e. The van der Waals surface area contributed by atoms with Crippen molar-refractivity contribution in [3.8, 4) is 0 Å². The van der Waals surface area contributed by atoms with E-state index in [0.717, 1.165) is 38.8 Å². The molecule has 3 heteroatoms. The molecule has 0 spiro atoms. The van der Waals surface area contributed by atoms with Crippen LogP contribution in [0.3, 0.4) is 0 Å². The van der Waals surface area contributed by atoms with Crippen LogP contribution in [0.15, 0.2) is 0 Å². The Morgan fingerprint density at radius 1 is 1.44 bits per heavy atom. The largest absolute Gasteiger partial charge is 0.351 e. The first-order valence-corrected chi connectivity index (χ1v) is 6.49. The summed E-state index contributed by atoms with van der Waals surface area (Å²) in [5, 5.41) is 6.52. The second kappa shape index (κ2) is 5.17. The quantitative estimate of drug-likeness (QED) is 0.753.